The molecule has 0 bridgehead atoms. The van der Waals surface area contributed by atoms with Gasteiger partial charge in [0.1, 0.15) is 5.82 Å². The number of hydrogen-bond acceptors (Lipinski definition) is 7. The fourth-order valence-corrected chi connectivity index (χ4v) is 5.01. The Balaban J connectivity index is 1.56. The molecule has 2 aromatic rings. The first-order chi connectivity index (χ1) is 15.6. The summed E-state index contributed by atoms with van der Waals surface area (Å²) in [5.41, 5.74) is -0.139. The first-order valence-electron chi connectivity index (χ1n) is 9.74. The second-order valence-electron chi connectivity index (χ2n) is 7.23. The van der Waals surface area contributed by atoms with Crippen molar-refractivity contribution in [2.24, 2.45) is 5.92 Å². The van der Waals surface area contributed by atoms with E-state index in [0.29, 0.717) is 12.8 Å². The van der Waals surface area contributed by atoms with E-state index in [4.69, 9.17) is 16.3 Å². The van der Waals surface area contributed by atoms with Gasteiger partial charge in [0.05, 0.1) is 26.4 Å². The lowest BCUT2D eigenvalue weighted by molar-refractivity contribution is -0.384. The number of carbonyl (C=O) groups excluding carboxylic acids is 2. The number of nitrogens with zero attached hydrogens (tertiary/aromatic N) is 2. The minimum absolute atomic E-state index is 0.0576. The van der Waals surface area contributed by atoms with Crippen LogP contribution in [0, 0.1) is 21.8 Å². The summed E-state index contributed by atoms with van der Waals surface area (Å²) >= 11 is 5.91. The fourth-order valence-electron chi connectivity index (χ4n) is 3.27. The van der Waals surface area contributed by atoms with Gasteiger partial charge >= 0.3 is 5.97 Å². The lowest BCUT2D eigenvalue weighted by Crippen LogP contribution is -2.43. The molecule has 0 aromatic heterocycles. The van der Waals surface area contributed by atoms with Crippen molar-refractivity contribution in [3.8, 4) is 0 Å². The van der Waals surface area contributed by atoms with Gasteiger partial charge in [-0.25, -0.2) is 12.8 Å². The maximum atomic E-state index is 13.1. The van der Waals surface area contributed by atoms with Crippen molar-refractivity contribution in [1.29, 1.82) is 0 Å². The lowest BCUT2D eigenvalue weighted by Gasteiger charge is -2.30. The molecule has 1 N–H and O–H groups in total. The Hall–Kier alpha value is -3.09. The molecule has 0 aliphatic carbocycles. The molecule has 13 heteroatoms. The fraction of sp³-hybridized carbons (Fsp3) is 0.300. The van der Waals surface area contributed by atoms with Crippen molar-refractivity contribution < 1.29 is 32.1 Å². The van der Waals surface area contributed by atoms with Crippen molar-refractivity contribution in [3.63, 3.8) is 0 Å². The van der Waals surface area contributed by atoms with Crippen LogP contribution in [-0.4, -0.2) is 49.2 Å². The monoisotopic (exact) mass is 499 g/mol. The van der Waals surface area contributed by atoms with Crippen molar-refractivity contribution in [3.05, 3.63) is 63.4 Å². The van der Waals surface area contributed by atoms with Crippen LogP contribution in [0.4, 0.5) is 15.8 Å². The minimum atomic E-state index is -3.91. The maximum Gasteiger partial charge on any atom is 0.310 e. The number of nitro benzene ring substituents is 1. The van der Waals surface area contributed by atoms with Crippen molar-refractivity contribution in [2.75, 3.05) is 25.0 Å². The normalized spacial score (nSPS) is 16.7. The van der Waals surface area contributed by atoms with Gasteiger partial charge in [-0.2, -0.15) is 4.31 Å². The standard InChI is InChI=1S/C20H19ClFN3O7S/c21-17-10-15(25(28)29)5-8-18(17)23-19(26)12-32-20(27)13-2-1-9-24(11-13)33(30,31)16-6-3-14(22)4-7-16/h3-8,10,13H,1-2,9,11-12H2,(H,23,26). The lowest BCUT2D eigenvalue weighted by atomic mass is 10.00. The Bertz CT molecular complexity index is 1170. The average Bonchev–Trinajstić information content (AvgIpc) is 2.79. The van der Waals surface area contributed by atoms with Crippen LogP contribution >= 0.6 is 11.6 Å². The van der Waals surface area contributed by atoms with Crippen LogP contribution < -0.4 is 5.32 Å². The zero-order chi connectivity index (χ0) is 24.2. The Kier molecular flexibility index (Phi) is 7.61. The Morgan fingerprint density at radius 2 is 1.94 bits per heavy atom. The number of sulfonamides is 1. The third-order valence-electron chi connectivity index (χ3n) is 4.95. The number of halogens is 2. The number of rotatable bonds is 7. The number of carbonyl (C=O) groups is 2. The van der Waals surface area contributed by atoms with Gasteiger partial charge in [-0.15, -0.1) is 0 Å². The highest BCUT2D eigenvalue weighted by molar-refractivity contribution is 7.89. The van der Waals surface area contributed by atoms with Gasteiger partial charge in [-0.05, 0) is 43.2 Å². The molecule has 176 valence electrons. The topological polar surface area (TPSA) is 136 Å². The van der Waals surface area contributed by atoms with Crippen LogP contribution in [0.3, 0.4) is 0 Å². The van der Waals surface area contributed by atoms with E-state index < -0.39 is 45.2 Å². The molecular formula is C20H19ClFN3O7S. The second-order valence-corrected chi connectivity index (χ2v) is 9.58. The van der Waals surface area contributed by atoms with Gasteiger partial charge in [-0.1, -0.05) is 11.6 Å². The molecule has 1 saturated heterocycles. The summed E-state index contributed by atoms with van der Waals surface area (Å²) in [4.78, 5) is 34.5. The molecule has 0 saturated carbocycles. The number of anilines is 1. The van der Waals surface area contributed by atoms with Gasteiger partial charge < -0.3 is 10.1 Å². The number of benzene rings is 2. The van der Waals surface area contributed by atoms with E-state index in [1.54, 1.807) is 0 Å². The predicted octanol–water partition coefficient (Wildman–Crippen LogP) is 2.97. The second kappa shape index (κ2) is 10.2. The molecule has 1 amide bonds. The first-order valence-corrected chi connectivity index (χ1v) is 11.6. The molecular weight excluding hydrogens is 481 g/mol. The summed E-state index contributed by atoms with van der Waals surface area (Å²) in [5, 5.41) is 13.1. The number of esters is 1. The molecule has 1 aliphatic heterocycles. The number of piperidine rings is 1. The molecule has 1 heterocycles. The van der Waals surface area contributed by atoms with Gasteiger partial charge in [0.25, 0.3) is 11.6 Å². The maximum absolute atomic E-state index is 13.1. The van der Waals surface area contributed by atoms with Gasteiger partial charge in [-0.3, -0.25) is 19.7 Å². The van der Waals surface area contributed by atoms with E-state index in [1.165, 1.54) is 6.07 Å². The number of amides is 1. The van der Waals surface area contributed by atoms with Crippen molar-refractivity contribution in [2.45, 2.75) is 17.7 Å². The largest absolute Gasteiger partial charge is 0.455 e. The third-order valence-corrected chi connectivity index (χ3v) is 7.14. The molecule has 10 nitrogen and oxygen atoms in total. The highest BCUT2D eigenvalue weighted by Crippen LogP contribution is 2.27. The Labute approximate surface area is 193 Å². The summed E-state index contributed by atoms with van der Waals surface area (Å²) < 4.78 is 44.8. The van der Waals surface area contributed by atoms with Crippen molar-refractivity contribution >= 4 is 44.9 Å². The smallest absolute Gasteiger partial charge is 0.310 e. The molecule has 1 fully saturated rings. The summed E-state index contributed by atoms with van der Waals surface area (Å²) in [6, 6.07) is 7.86. The van der Waals surface area contributed by atoms with Gasteiger partial charge in [0.15, 0.2) is 6.61 Å². The molecule has 1 atom stereocenters. The van der Waals surface area contributed by atoms with Crippen LogP contribution in [-0.2, 0) is 24.3 Å². The number of hydrogen-bond donors (Lipinski definition) is 1. The summed E-state index contributed by atoms with van der Waals surface area (Å²) in [5.74, 6) is -2.79. The quantitative estimate of drug-likeness (QED) is 0.351. The highest BCUT2D eigenvalue weighted by Gasteiger charge is 2.34. The number of ether oxygens (including phenoxy) is 1. The Morgan fingerprint density at radius 3 is 2.58 bits per heavy atom. The average molecular weight is 500 g/mol. The number of nitrogens with one attached hydrogen (secondary N) is 1. The summed E-state index contributed by atoms with van der Waals surface area (Å²) in [7, 11) is -3.91. The molecule has 0 radical (unpaired) electrons. The first kappa shape index (κ1) is 24.6. The third kappa shape index (κ3) is 6.03. The van der Waals surface area contributed by atoms with Gasteiger partial charge in [0, 0.05) is 25.2 Å². The zero-order valence-corrected chi connectivity index (χ0v) is 18.6. The van der Waals surface area contributed by atoms with Crippen LogP contribution in [0.2, 0.25) is 5.02 Å². The van der Waals surface area contributed by atoms with Crippen molar-refractivity contribution in [1.82, 2.24) is 4.31 Å². The number of non-ortho nitro benzene ring substituents is 1. The summed E-state index contributed by atoms with van der Waals surface area (Å²) in [6.45, 7) is -0.579. The SMILES string of the molecule is O=C(COC(=O)C1CCCN(S(=O)(=O)c2ccc(F)cc2)C1)Nc1ccc([N+](=O)[O-])cc1Cl. The van der Waals surface area contributed by atoms with E-state index in [2.05, 4.69) is 5.32 Å². The predicted molar refractivity (Wildman–Crippen MR) is 116 cm³/mol. The van der Waals surface area contributed by atoms with Gasteiger partial charge in [0.2, 0.25) is 10.0 Å². The zero-order valence-electron chi connectivity index (χ0n) is 17.1. The van der Waals surface area contributed by atoms with Crippen LogP contribution in [0.1, 0.15) is 12.8 Å². The summed E-state index contributed by atoms with van der Waals surface area (Å²) in [6.07, 6.45) is 0.787. The minimum Gasteiger partial charge on any atom is -0.455 e. The molecule has 3 rings (SSSR count). The Morgan fingerprint density at radius 1 is 1.24 bits per heavy atom. The van der Waals surface area contributed by atoms with E-state index in [-0.39, 0.29) is 34.4 Å². The molecule has 2 aromatic carbocycles. The molecule has 0 spiro atoms. The van der Waals surface area contributed by atoms with E-state index >= 15 is 0 Å². The van der Waals surface area contributed by atoms with Crippen LogP contribution in [0.25, 0.3) is 0 Å². The number of nitro groups is 1. The molecule has 33 heavy (non-hydrogen) atoms. The van der Waals surface area contributed by atoms with E-state index in [1.807, 2.05) is 0 Å². The molecule has 1 unspecified atom stereocenters. The van der Waals surface area contributed by atoms with E-state index in [0.717, 1.165) is 40.7 Å². The van der Waals surface area contributed by atoms with E-state index in [9.17, 15) is 32.5 Å². The van der Waals surface area contributed by atoms with Crippen LogP contribution in [0.5, 0.6) is 0 Å². The highest BCUT2D eigenvalue weighted by atomic mass is 35.5. The van der Waals surface area contributed by atoms with Crippen LogP contribution in [0.15, 0.2) is 47.4 Å². The molecule has 1 aliphatic rings.